The van der Waals surface area contributed by atoms with Crippen molar-refractivity contribution in [2.45, 2.75) is 33.0 Å². The molecule has 0 fully saturated rings. The third-order valence-electron chi connectivity index (χ3n) is 6.07. The average Bonchev–Trinajstić information content (AvgIpc) is 3.19. The molecule has 0 bridgehead atoms. The first kappa shape index (κ1) is 20.0. The van der Waals surface area contributed by atoms with Crippen LogP contribution in [-0.4, -0.2) is 27.2 Å². The van der Waals surface area contributed by atoms with Gasteiger partial charge in [0.15, 0.2) is 0 Å². The normalized spacial score (nSPS) is 16.9. The molecule has 2 aromatic carbocycles. The zero-order chi connectivity index (χ0) is 22.2. The Morgan fingerprint density at radius 3 is 2.66 bits per heavy atom. The standard InChI is InChI=1S/C26H25N5O/c1-16-15-32-25-8-7-21(12-23(16)25)24-9-10-28-18(3)31(24)17(2)19-5-4-6-20(11-19)22-13-29-26(27)30-14-22/h4-15,17-18H,1-3H3,(H2,27,29,30)/t17-,18?/m0/s1. The van der Waals surface area contributed by atoms with Gasteiger partial charge in [-0.25, -0.2) is 9.97 Å². The Hall–Kier alpha value is -3.93. The van der Waals surface area contributed by atoms with E-state index < -0.39 is 0 Å². The summed E-state index contributed by atoms with van der Waals surface area (Å²) < 4.78 is 5.64. The number of hydrogen-bond donors (Lipinski definition) is 1. The maximum Gasteiger partial charge on any atom is 0.219 e. The molecular formula is C26H25N5O. The number of nitrogens with two attached hydrogens (primary N) is 1. The van der Waals surface area contributed by atoms with Crippen molar-refractivity contribution in [1.29, 1.82) is 0 Å². The molecule has 0 saturated heterocycles. The molecular weight excluding hydrogens is 398 g/mol. The minimum absolute atomic E-state index is 0.00894. The van der Waals surface area contributed by atoms with Gasteiger partial charge in [0, 0.05) is 35.3 Å². The highest BCUT2D eigenvalue weighted by Crippen LogP contribution is 2.36. The highest BCUT2D eigenvalue weighted by molar-refractivity contribution is 5.90. The van der Waals surface area contributed by atoms with Crippen molar-refractivity contribution in [2.75, 3.05) is 5.73 Å². The van der Waals surface area contributed by atoms with Crippen molar-refractivity contribution < 1.29 is 4.42 Å². The van der Waals surface area contributed by atoms with E-state index in [4.69, 9.17) is 10.2 Å². The maximum absolute atomic E-state index is 5.65. The van der Waals surface area contributed by atoms with E-state index in [0.29, 0.717) is 0 Å². The number of benzene rings is 2. The minimum Gasteiger partial charge on any atom is -0.464 e. The van der Waals surface area contributed by atoms with Crippen LogP contribution in [0.15, 0.2) is 76.6 Å². The molecule has 160 valence electrons. The number of aromatic nitrogens is 2. The Balaban J connectivity index is 1.52. The van der Waals surface area contributed by atoms with Crippen LogP contribution < -0.4 is 5.73 Å². The van der Waals surface area contributed by atoms with Crippen molar-refractivity contribution in [2.24, 2.45) is 4.99 Å². The number of aliphatic imine (C=N–C) groups is 1. The summed E-state index contributed by atoms with van der Waals surface area (Å²) >= 11 is 0. The van der Waals surface area contributed by atoms with Crippen LogP contribution in [0.5, 0.6) is 0 Å². The van der Waals surface area contributed by atoms with Crippen LogP contribution in [0.1, 0.15) is 36.6 Å². The molecule has 1 unspecified atom stereocenters. The fourth-order valence-electron chi connectivity index (χ4n) is 4.32. The first-order chi connectivity index (χ1) is 15.5. The molecule has 1 aliphatic heterocycles. The van der Waals surface area contributed by atoms with Crippen LogP contribution in [0.25, 0.3) is 27.8 Å². The second-order valence-electron chi connectivity index (χ2n) is 8.15. The summed E-state index contributed by atoms with van der Waals surface area (Å²) in [5.74, 6) is 0.276. The van der Waals surface area contributed by atoms with Gasteiger partial charge in [-0.1, -0.05) is 18.2 Å². The number of furan rings is 1. The van der Waals surface area contributed by atoms with Crippen molar-refractivity contribution in [3.05, 3.63) is 83.9 Å². The summed E-state index contributed by atoms with van der Waals surface area (Å²) in [7, 11) is 0. The van der Waals surface area contributed by atoms with Gasteiger partial charge in [0.1, 0.15) is 11.7 Å². The Bertz CT molecular complexity index is 1340. The summed E-state index contributed by atoms with van der Waals surface area (Å²) in [6.45, 7) is 6.41. The topological polar surface area (TPSA) is 80.5 Å². The number of rotatable bonds is 4. The third kappa shape index (κ3) is 3.54. The number of nitrogen functional groups attached to an aromatic ring is 1. The molecule has 3 heterocycles. The van der Waals surface area contributed by atoms with Gasteiger partial charge in [0.25, 0.3) is 0 Å². The van der Waals surface area contributed by atoms with Crippen molar-refractivity contribution in [1.82, 2.24) is 14.9 Å². The van der Waals surface area contributed by atoms with Crippen LogP contribution in [-0.2, 0) is 0 Å². The number of hydrogen-bond acceptors (Lipinski definition) is 6. The molecule has 2 atom stereocenters. The number of allylic oxidation sites excluding steroid dienone is 1. The van der Waals surface area contributed by atoms with E-state index in [9.17, 15) is 0 Å². The van der Waals surface area contributed by atoms with Crippen LogP contribution in [0.2, 0.25) is 0 Å². The Morgan fingerprint density at radius 2 is 1.84 bits per heavy atom. The summed E-state index contributed by atoms with van der Waals surface area (Å²) in [5.41, 5.74) is 13.2. The molecule has 32 heavy (non-hydrogen) atoms. The Morgan fingerprint density at radius 1 is 1.03 bits per heavy atom. The monoisotopic (exact) mass is 423 g/mol. The van der Waals surface area contributed by atoms with Crippen LogP contribution in [0.3, 0.4) is 0 Å². The van der Waals surface area contributed by atoms with Gasteiger partial charge in [0.05, 0.1) is 12.3 Å². The lowest BCUT2D eigenvalue weighted by molar-refractivity contribution is 0.252. The first-order valence-electron chi connectivity index (χ1n) is 10.7. The number of nitrogens with zero attached hydrogens (tertiary/aromatic N) is 4. The van der Waals surface area contributed by atoms with E-state index in [-0.39, 0.29) is 18.2 Å². The smallest absolute Gasteiger partial charge is 0.219 e. The summed E-state index contributed by atoms with van der Waals surface area (Å²) in [6, 6.07) is 14.9. The fourth-order valence-corrected chi connectivity index (χ4v) is 4.32. The molecule has 6 heteroatoms. The van der Waals surface area contributed by atoms with E-state index in [1.54, 1.807) is 18.7 Å². The predicted molar refractivity (Wildman–Crippen MR) is 129 cm³/mol. The van der Waals surface area contributed by atoms with Gasteiger partial charge in [-0.15, -0.1) is 0 Å². The van der Waals surface area contributed by atoms with E-state index in [2.05, 4.69) is 83.1 Å². The summed E-state index contributed by atoms with van der Waals surface area (Å²) in [5, 5.41) is 1.14. The highest BCUT2D eigenvalue weighted by atomic mass is 16.3. The number of anilines is 1. The summed E-state index contributed by atoms with van der Waals surface area (Å²) in [4.78, 5) is 15.3. The quantitative estimate of drug-likeness (QED) is 0.461. The first-order valence-corrected chi connectivity index (χ1v) is 10.7. The largest absolute Gasteiger partial charge is 0.464 e. The number of aryl methyl sites for hydroxylation is 1. The van der Waals surface area contributed by atoms with Crippen LogP contribution >= 0.6 is 0 Å². The zero-order valence-corrected chi connectivity index (χ0v) is 18.4. The molecule has 0 aliphatic carbocycles. The lowest BCUT2D eigenvalue weighted by Gasteiger charge is -2.38. The molecule has 0 amide bonds. The van der Waals surface area contributed by atoms with Gasteiger partial charge in [-0.05, 0) is 73.4 Å². The molecule has 2 aromatic heterocycles. The average molecular weight is 424 g/mol. The predicted octanol–water partition coefficient (Wildman–Crippen LogP) is 5.61. The lowest BCUT2D eigenvalue weighted by atomic mass is 9.98. The maximum atomic E-state index is 5.65. The Labute approximate surface area is 187 Å². The minimum atomic E-state index is 0.00894. The molecule has 5 rings (SSSR count). The van der Waals surface area contributed by atoms with E-state index in [1.807, 2.05) is 12.3 Å². The zero-order valence-electron chi connectivity index (χ0n) is 18.4. The fraction of sp³-hybridized carbons (Fsp3) is 0.192. The van der Waals surface area contributed by atoms with Crippen molar-refractivity contribution >= 4 is 28.8 Å². The van der Waals surface area contributed by atoms with Crippen molar-refractivity contribution in [3.63, 3.8) is 0 Å². The molecule has 6 nitrogen and oxygen atoms in total. The highest BCUT2D eigenvalue weighted by Gasteiger charge is 2.26. The summed E-state index contributed by atoms with van der Waals surface area (Å²) in [6.07, 6.45) is 9.32. The second kappa shape index (κ2) is 7.96. The van der Waals surface area contributed by atoms with Gasteiger partial charge < -0.3 is 15.1 Å². The Kier molecular flexibility index (Phi) is 4.98. The molecule has 0 radical (unpaired) electrons. The van der Waals surface area contributed by atoms with Crippen LogP contribution in [0.4, 0.5) is 5.95 Å². The molecule has 0 saturated carbocycles. The van der Waals surface area contributed by atoms with Gasteiger partial charge >= 0.3 is 0 Å². The second-order valence-corrected chi connectivity index (χ2v) is 8.15. The van der Waals surface area contributed by atoms with Gasteiger partial charge in [0.2, 0.25) is 5.95 Å². The third-order valence-corrected chi connectivity index (χ3v) is 6.07. The van der Waals surface area contributed by atoms with Gasteiger partial charge in [-0.3, -0.25) is 4.99 Å². The van der Waals surface area contributed by atoms with Gasteiger partial charge in [-0.2, -0.15) is 0 Å². The molecule has 2 N–H and O–H groups in total. The molecule has 4 aromatic rings. The van der Waals surface area contributed by atoms with E-state index in [1.165, 1.54) is 5.56 Å². The van der Waals surface area contributed by atoms with E-state index >= 15 is 0 Å². The molecule has 1 aliphatic rings. The molecule has 0 spiro atoms. The number of fused-ring (bicyclic) bond motifs is 1. The van der Waals surface area contributed by atoms with Crippen molar-refractivity contribution in [3.8, 4) is 11.1 Å². The lowest BCUT2D eigenvalue weighted by Crippen LogP contribution is -2.34. The van der Waals surface area contributed by atoms with E-state index in [0.717, 1.165) is 38.9 Å². The van der Waals surface area contributed by atoms with Crippen LogP contribution in [0, 0.1) is 6.92 Å². The SMILES string of the molecule is Cc1coc2ccc(C3=CC=NC(C)N3[C@@H](C)c3cccc(-c4cnc(N)nc4)c3)cc12.